The number of hydrogen-bond acceptors (Lipinski definition) is 3. The van der Waals surface area contributed by atoms with Gasteiger partial charge in [0.1, 0.15) is 4.49 Å². The summed E-state index contributed by atoms with van der Waals surface area (Å²) in [5.41, 5.74) is -1.65. The van der Waals surface area contributed by atoms with Gasteiger partial charge in [-0.2, -0.15) is 5.26 Å². The van der Waals surface area contributed by atoms with Crippen molar-refractivity contribution in [1.82, 2.24) is 0 Å². The summed E-state index contributed by atoms with van der Waals surface area (Å²) in [6, 6.07) is 2.01. The van der Waals surface area contributed by atoms with Gasteiger partial charge in [-0.25, -0.2) is 0 Å². The minimum absolute atomic E-state index is 0.0640. The number of rotatable bonds is 2. The van der Waals surface area contributed by atoms with Crippen LogP contribution in [0.1, 0.15) is 13.8 Å². The minimum Gasteiger partial charge on any atom is -0.468 e. The molecule has 15 heavy (non-hydrogen) atoms. The number of carbonyl (C=O) groups excluding carboxylic acids is 1. The van der Waals surface area contributed by atoms with Crippen LogP contribution in [0.15, 0.2) is 10.6 Å². The fraction of sp³-hybridized carbons (Fsp3) is 0.600. The highest BCUT2D eigenvalue weighted by molar-refractivity contribution is 6.55. The van der Waals surface area contributed by atoms with E-state index in [1.54, 1.807) is 0 Å². The Morgan fingerprint density at radius 1 is 1.53 bits per heavy atom. The maximum Gasteiger partial charge on any atom is 0.327 e. The quantitative estimate of drug-likeness (QED) is 0.706. The number of nitrogens with zero attached hydrogens (tertiary/aromatic N) is 1. The van der Waals surface area contributed by atoms with Gasteiger partial charge < -0.3 is 4.74 Å². The van der Waals surface area contributed by atoms with E-state index in [1.807, 2.05) is 19.9 Å². The van der Waals surface area contributed by atoms with Crippen LogP contribution in [0.25, 0.3) is 0 Å². The van der Waals surface area contributed by atoms with Crippen molar-refractivity contribution in [1.29, 1.82) is 5.26 Å². The zero-order valence-corrected chi connectivity index (χ0v) is 10.2. The molecular formula is C10H11Cl2NO2. The number of methoxy groups -OCH3 is 1. The summed E-state index contributed by atoms with van der Waals surface area (Å²) in [6.07, 6.45) is 1.52. The van der Waals surface area contributed by atoms with Gasteiger partial charge in [0.25, 0.3) is 0 Å². The van der Waals surface area contributed by atoms with Crippen molar-refractivity contribution in [3.8, 4) is 6.07 Å². The number of esters is 1. The second kappa shape index (κ2) is 3.70. The smallest absolute Gasteiger partial charge is 0.327 e. The average molecular weight is 248 g/mol. The summed E-state index contributed by atoms with van der Waals surface area (Å²) in [6.45, 7) is 3.62. The number of nitriles is 1. The first-order valence-electron chi connectivity index (χ1n) is 4.37. The Morgan fingerprint density at radius 2 is 2.07 bits per heavy atom. The molecule has 0 aromatic heterocycles. The van der Waals surface area contributed by atoms with Gasteiger partial charge in [-0.15, -0.1) is 0 Å². The monoisotopic (exact) mass is 247 g/mol. The van der Waals surface area contributed by atoms with E-state index >= 15 is 0 Å². The topological polar surface area (TPSA) is 50.1 Å². The van der Waals surface area contributed by atoms with E-state index < -0.39 is 16.8 Å². The largest absolute Gasteiger partial charge is 0.468 e. The van der Waals surface area contributed by atoms with Gasteiger partial charge in [0.05, 0.1) is 13.2 Å². The first-order valence-corrected chi connectivity index (χ1v) is 5.12. The summed E-state index contributed by atoms with van der Waals surface area (Å²) < 4.78 is 4.70. The molecule has 0 aliphatic heterocycles. The molecule has 0 amide bonds. The molecule has 0 saturated heterocycles. The molecule has 1 aliphatic rings. The summed E-state index contributed by atoms with van der Waals surface area (Å²) in [5.74, 6) is -0.835. The molecule has 2 atom stereocenters. The van der Waals surface area contributed by atoms with Crippen LogP contribution in [-0.4, -0.2) is 13.1 Å². The van der Waals surface area contributed by atoms with Gasteiger partial charge in [-0.1, -0.05) is 37.0 Å². The van der Waals surface area contributed by atoms with E-state index in [1.165, 1.54) is 13.2 Å². The standard InChI is InChI=1S/C10H11Cl2NO2/c1-9(2)6(4-7(11)12)10(9,5-13)8(14)15-3/h4,6H,1-3H3. The fourth-order valence-electron chi connectivity index (χ4n) is 2.07. The molecule has 82 valence electrons. The molecule has 1 rings (SSSR count). The van der Waals surface area contributed by atoms with Gasteiger partial charge in [0, 0.05) is 11.3 Å². The number of carbonyl (C=O) groups is 1. The normalized spacial score (nSPS) is 31.3. The van der Waals surface area contributed by atoms with Crippen LogP contribution in [0.3, 0.4) is 0 Å². The Balaban J connectivity index is 3.11. The third-order valence-corrected chi connectivity index (χ3v) is 3.41. The fourth-order valence-corrected chi connectivity index (χ4v) is 2.32. The van der Waals surface area contributed by atoms with E-state index in [0.717, 1.165) is 0 Å². The molecule has 5 heteroatoms. The van der Waals surface area contributed by atoms with Crippen molar-refractivity contribution in [2.24, 2.45) is 16.7 Å². The molecule has 0 aromatic rings. The van der Waals surface area contributed by atoms with Gasteiger partial charge in [0.2, 0.25) is 0 Å². The summed E-state index contributed by atoms with van der Waals surface area (Å²) in [5, 5.41) is 9.11. The van der Waals surface area contributed by atoms with Crippen LogP contribution >= 0.6 is 23.2 Å². The first kappa shape index (κ1) is 12.4. The third-order valence-electron chi connectivity index (χ3n) is 3.15. The summed E-state index contributed by atoms with van der Waals surface area (Å²) >= 11 is 11.1. The number of ether oxygens (including phenoxy) is 1. The van der Waals surface area contributed by atoms with E-state index in [-0.39, 0.29) is 10.4 Å². The molecule has 0 aromatic carbocycles. The van der Waals surface area contributed by atoms with Gasteiger partial charge in [-0.3, -0.25) is 4.79 Å². The Hall–Kier alpha value is -0.720. The first-order chi connectivity index (χ1) is 6.84. The minimum atomic E-state index is -1.16. The lowest BCUT2D eigenvalue weighted by Crippen LogP contribution is -2.21. The van der Waals surface area contributed by atoms with Crippen LogP contribution in [0.4, 0.5) is 0 Å². The molecule has 0 bridgehead atoms. The van der Waals surface area contributed by atoms with Crippen molar-refractivity contribution in [2.75, 3.05) is 7.11 Å². The number of allylic oxidation sites excluding steroid dienone is 1. The predicted molar refractivity (Wildman–Crippen MR) is 57.1 cm³/mol. The Bertz CT molecular complexity index is 366. The zero-order valence-electron chi connectivity index (χ0n) is 8.67. The highest BCUT2D eigenvalue weighted by Crippen LogP contribution is 2.70. The maximum absolute atomic E-state index is 11.6. The number of halogens is 2. The lowest BCUT2D eigenvalue weighted by molar-refractivity contribution is -0.146. The molecule has 1 saturated carbocycles. The predicted octanol–water partition coefficient (Wildman–Crippen LogP) is 2.64. The van der Waals surface area contributed by atoms with Gasteiger partial charge >= 0.3 is 5.97 Å². The zero-order chi connectivity index (χ0) is 11.9. The molecule has 0 N–H and O–H groups in total. The third kappa shape index (κ3) is 1.53. The lowest BCUT2D eigenvalue weighted by Gasteiger charge is -2.07. The van der Waals surface area contributed by atoms with E-state index in [9.17, 15) is 4.79 Å². The highest BCUT2D eigenvalue weighted by Gasteiger charge is 2.76. The molecular weight excluding hydrogens is 237 g/mol. The molecule has 0 radical (unpaired) electrons. The highest BCUT2D eigenvalue weighted by atomic mass is 35.5. The SMILES string of the molecule is COC(=O)C1(C#N)C(C=C(Cl)Cl)C1(C)C. The maximum atomic E-state index is 11.6. The van der Waals surface area contributed by atoms with Gasteiger partial charge in [-0.05, 0) is 6.08 Å². The molecule has 1 fully saturated rings. The van der Waals surface area contributed by atoms with Crippen LogP contribution in [-0.2, 0) is 9.53 Å². The Kier molecular flexibility index (Phi) is 3.04. The van der Waals surface area contributed by atoms with Crippen molar-refractivity contribution in [3.05, 3.63) is 10.6 Å². The average Bonchev–Trinajstić information content (AvgIpc) is 2.62. The summed E-state index contributed by atoms with van der Waals surface area (Å²) in [4.78, 5) is 11.6. The van der Waals surface area contributed by atoms with Crippen LogP contribution < -0.4 is 0 Å². The number of hydrogen-bond donors (Lipinski definition) is 0. The van der Waals surface area contributed by atoms with Crippen LogP contribution in [0.5, 0.6) is 0 Å². The molecule has 3 nitrogen and oxygen atoms in total. The molecule has 0 spiro atoms. The van der Waals surface area contributed by atoms with Crippen LogP contribution in [0.2, 0.25) is 0 Å². The van der Waals surface area contributed by atoms with E-state index in [2.05, 4.69) is 4.74 Å². The van der Waals surface area contributed by atoms with Crippen molar-refractivity contribution in [2.45, 2.75) is 13.8 Å². The molecule has 2 unspecified atom stereocenters. The van der Waals surface area contributed by atoms with Crippen molar-refractivity contribution >= 4 is 29.2 Å². The second-order valence-electron chi connectivity index (χ2n) is 4.07. The van der Waals surface area contributed by atoms with Gasteiger partial charge in [0.15, 0.2) is 5.41 Å². The van der Waals surface area contributed by atoms with Crippen molar-refractivity contribution < 1.29 is 9.53 Å². The Labute approximate surface area is 98.6 Å². The van der Waals surface area contributed by atoms with E-state index in [4.69, 9.17) is 28.5 Å². The summed E-state index contributed by atoms with van der Waals surface area (Å²) in [7, 11) is 1.26. The Morgan fingerprint density at radius 3 is 2.40 bits per heavy atom. The van der Waals surface area contributed by atoms with Crippen LogP contribution in [0, 0.1) is 28.1 Å². The molecule has 0 heterocycles. The molecule has 1 aliphatic carbocycles. The van der Waals surface area contributed by atoms with Crippen molar-refractivity contribution in [3.63, 3.8) is 0 Å². The van der Waals surface area contributed by atoms with E-state index in [0.29, 0.717) is 0 Å². The lowest BCUT2D eigenvalue weighted by atomic mass is 9.98. The second-order valence-corrected chi connectivity index (χ2v) is 5.07.